The molecule has 0 saturated heterocycles. The normalized spacial score (nSPS) is 10.6. The maximum Gasteiger partial charge on any atom is 0.132 e. The number of nitrogens with zero attached hydrogens (tertiary/aromatic N) is 1. The van der Waals surface area contributed by atoms with Crippen LogP contribution in [0.3, 0.4) is 0 Å². The van der Waals surface area contributed by atoms with Gasteiger partial charge in [0.15, 0.2) is 0 Å². The van der Waals surface area contributed by atoms with Crippen molar-refractivity contribution in [3.63, 3.8) is 0 Å². The van der Waals surface area contributed by atoms with E-state index in [-0.39, 0.29) is 0 Å². The minimum absolute atomic E-state index is 0.772. The van der Waals surface area contributed by atoms with Gasteiger partial charge in [-0.1, -0.05) is 12.1 Å². The van der Waals surface area contributed by atoms with Crippen molar-refractivity contribution in [2.24, 2.45) is 0 Å². The fourth-order valence-electron chi connectivity index (χ4n) is 2.51. The van der Waals surface area contributed by atoms with Gasteiger partial charge in [0.05, 0.1) is 32.6 Å². The van der Waals surface area contributed by atoms with Crippen LogP contribution in [0.4, 0.5) is 0 Å². The third-order valence-corrected chi connectivity index (χ3v) is 5.81. The first-order valence-corrected chi connectivity index (χ1v) is 10.1. The van der Waals surface area contributed by atoms with Crippen molar-refractivity contribution in [1.29, 1.82) is 0 Å². The van der Waals surface area contributed by atoms with Crippen LogP contribution >= 0.6 is 23.1 Å². The van der Waals surface area contributed by atoms with Gasteiger partial charge < -0.3 is 14.2 Å². The summed E-state index contributed by atoms with van der Waals surface area (Å²) in [5.41, 5.74) is 3.32. The molecule has 26 heavy (non-hydrogen) atoms. The summed E-state index contributed by atoms with van der Waals surface area (Å²) in [6.07, 6.45) is 0. The fourth-order valence-corrected chi connectivity index (χ4v) is 4.34. The molecule has 1 aromatic heterocycles. The molecule has 0 amide bonds. The molecule has 0 atom stereocenters. The van der Waals surface area contributed by atoms with E-state index in [4.69, 9.17) is 19.2 Å². The number of ether oxygens (including phenoxy) is 3. The van der Waals surface area contributed by atoms with Gasteiger partial charge in [0, 0.05) is 23.0 Å². The van der Waals surface area contributed by atoms with E-state index in [0.717, 1.165) is 45.0 Å². The number of thiazole rings is 1. The number of methoxy groups -OCH3 is 3. The number of aromatic nitrogens is 1. The van der Waals surface area contributed by atoms with Crippen molar-refractivity contribution in [2.75, 3.05) is 21.3 Å². The molecule has 0 N–H and O–H groups in total. The molecule has 0 aliphatic carbocycles. The van der Waals surface area contributed by atoms with E-state index in [9.17, 15) is 0 Å². The van der Waals surface area contributed by atoms with Gasteiger partial charge >= 0.3 is 0 Å². The predicted octanol–water partition coefficient (Wildman–Crippen LogP) is 5.27. The molecule has 3 aromatic rings. The minimum Gasteiger partial charge on any atom is -0.497 e. The van der Waals surface area contributed by atoms with Crippen LogP contribution in [0.25, 0.3) is 10.6 Å². The Bertz CT molecular complexity index is 864. The van der Waals surface area contributed by atoms with E-state index < -0.39 is 0 Å². The molecule has 0 saturated carbocycles. The van der Waals surface area contributed by atoms with Crippen LogP contribution in [0, 0.1) is 0 Å². The Hall–Kier alpha value is -2.18. The molecule has 0 aliphatic rings. The average Bonchev–Trinajstić information content (AvgIpc) is 3.16. The number of hydrogen-bond donors (Lipinski definition) is 0. The molecule has 0 aliphatic heterocycles. The molecule has 2 aromatic carbocycles. The van der Waals surface area contributed by atoms with Crippen LogP contribution < -0.4 is 14.2 Å². The first-order valence-electron chi connectivity index (χ1n) is 8.11. The molecule has 4 nitrogen and oxygen atoms in total. The first kappa shape index (κ1) is 18.6. The maximum atomic E-state index is 5.48. The van der Waals surface area contributed by atoms with Gasteiger partial charge in [0.2, 0.25) is 0 Å². The van der Waals surface area contributed by atoms with Crippen molar-refractivity contribution >= 4 is 23.1 Å². The molecular weight excluding hydrogens is 366 g/mol. The lowest BCUT2D eigenvalue weighted by atomic mass is 10.2. The van der Waals surface area contributed by atoms with Crippen LogP contribution in [-0.4, -0.2) is 26.3 Å². The second kappa shape index (κ2) is 8.96. The van der Waals surface area contributed by atoms with E-state index in [1.165, 1.54) is 5.56 Å². The van der Waals surface area contributed by atoms with Gasteiger partial charge in [-0.2, -0.15) is 11.8 Å². The zero-order chi connectivity index (χ0) is 18.4. The Morgan fingerprint density at radius 1 is 0.923 bits per heavy atom. The van der Waals surface area contributed by atoms with Crippen molar-refractivity contribution in [1.82, 2.24) is 4.98 Å². The van der Waals surface area contributed by atoms with Crippen molar-refractivity contribution in [2.45, 2.75) is 11.5 Å². The van der Waals surface area contributed by atoms with Crippen molar-refractivity contribution in [3.05, 3.63) is 59.1 Å². The van der Waals surface area contributed by atoms with Crippen LogP contribution in [0.1, 0.15) is 11.3 Å². The van der Waals surface area contributed by atoms with Gasteiger partial charge in [0.25, 0.3) is 0 Å². The molecule has 0 radical (unpaired) electrons. The summed E-state index contributed by atoms with van der Waals surface area (Å²) in [7, 11) is 5.00. The van der Waals surface area contributed by atoms with Gasteiger partial charge in [-0.3, -0.25) is 0 Å². The Balaban J connectivity index is 1.64. The van der Waals surface area contributed by atoms with Crippen LogP contribution in [0.5, 0.6) is 17.2 Å². The number of rotatable bonds is 8. The predicted molar refractivity (Wildman–Crippen MR) is 109 cm³/mol. The lowest BCUT2D eigenvalue weighted by molar-refractivity contribution is 0.395. The van der Waals surface area contributed by atoms with Gasteiger partial charge in [-0.05, 0) is 29.8 Å². The smallest absolute Gasteiger partial charge is 0.132 e. The molecule has 1 heterocycles. The summed E-state index contributed by atoms with van der Waals surface area (Å²) in [5, 5.41) is 3.07. The molecule has 0 bridgehead atoms. The molecule has 0 unspecified atom stereocenters. The molecule has 0 fully saturated rings. The highest BCUT2D eigenvalue weighted by Gasteiger charge is 2.11. The highest BCUT2D eigenvalue weighted by Crippen LogP contribution is 2.35. The zero-order valence-electron chi connectivity index (χ0n) is 15.0. The van der Waals surface area contributed by atoms with E-state index in [1.54, 1.807) is 32.7 Å². The third-order valence-electron chi connectivity index (χ3n) is 3.84. The standard InChI is InChI=1S/C20H21NO3S2/c1-22-16-6-4-5-14(9-16)11-25-12-15-13-26-20(21-15)18-8-7-17(23-2)10-19(18)24-3/h4-10,13H,11-12H2,1-3H3. The lowest BCUT2D eigenvalue weighted by Crippen LogP contribution is -1.90. The molecule has 136 valence electrons. The van der Waals surface area contributed by atoms with E-state index in [2.05, 4.69) is 17.5 Å². The summed E-state index contributed by atoms with van der Waals surface area (Å²) in [6, 6.07) is 14.0. The largest absolute Gasteiger partial charge is 0.497 e. The second-order valence-corrected chi connectivity index (χ2v) is 7.40. The van der Waals surface area contributed by atoms with E-state index in [0.29, 0.717) is 0 Å². The van der Waals surface area contributed by atoms with Crippen molar-refractivity contribution in [3.8, 4) is 27.8 Å². The maximum absolute atomic E-state index is 5.48. The quantitative estimate of drug-likeness (QED) is 0.527. The van der Waals surface area contributed by atoms with E-state index >= 15 is 0 Å². The Labute approximate surface area is 162 Å². The molecule has 0 spiro atoms. The Morgan fingerprint density at radius 3 is 2.50 bits per heavy atom. The minimum atomic E-state index is 0.772. The highest BCUT2D eigenvalue weighted by atomic mass is 32.2. The lowest BCUT2D eigenvalue weighted by Gasteiger charge is -2.08. The molecule has 3 rings (SSSR count). The summed E-state index contributed by atoms with van der Waals surface area (Å²) in [6.45, 7) is 0. The summed E-state index contributed by atoms with van der Waals surface area (Å²) < 4.78 is 16.0. The summed E-state index contributed by atoms with van der Waals surface area (Å²) in [4.78, 5) is 4.76. The second-order valence-electron chi connectivity index (χ2n) is 5.55. The average molecular weight is 388 g/mol. The van der Waals surface area contributed by atoms with Gasteiger partial charge in [0.1, 0.15) is 22.3 Å². The van der Waals surface area contributed by atoms with E-state index in [1.807, 2.05) is 42.1 Å². The van der Waals surface area contributed by atoms with Crippen LogP contribution in [-0.2, 0) is 11.5 Å². The Morgan fingerprint density at radius 2 is 1.73 bits per heavy atom. The zero-order valence-corrected chi connectivity index (χ0v) is 16.7. The Kier molecular flexibility index (Phi) is 6.41. The highest BCUT2D eigenvalue weighted by molar-refractivity contribution is 7.97. The van der Waals surface area contributed by atoms with Gasteiger partial charge in [-0.15, -0.1) is 11.3 Å². The topological polar surface area (TPSA) is 40.6 Å². The van der Waals surface area contributed by atoms with Crippen molar-refractivity contribution < 1.29 is 14.2 Å². The van der Waals surface area contributed by atoms with Crippen LogP contribution in [0.2, 0.25) is 0 Å². The van der Waals surface area contributed by atoms with Gasteiger partial charge in [-0.25, -0.2) is 4.98 Å². The van der Waals surface area contributed by atoms with Crippen LogP contribution in [0.15, 0.2) is 47.8 Å². The first-order chi connectivity index (χ1) is 12.7. The molecule has 6 heteroatoms. The summed E-state index contributed by atoms with van der Waals surface area (Å²) in [5.74, 6) is 4.23. The fraction of sp³-hybridized carbons (Fsp3) is 0.250. The molecular formula is C20H21NO3S2. The number of thioether (sulfide) groups is 1. The third kappa shape index (κ3) is 4.51. The SMILES string of the molecule is COc1cccc(CSCc2csc(-c3ccc(OC)cc3OC)n2)c1. The number of hydrogen-bond acceptors (Lipinski definition) is 6. The summed E-state index contributed by atoms with van der Waals surface area (Å²) >= 11 is 3.47. The number of benzene rings is 2. The monoisotopic (exact) mass is 387 g/mol.